The van der Waals surface area contributed by atoms with Crippen LogP contribution in [0, 0.1) is 5.82 Å². The molecule has 4 aromatic rings. The summed E-state index contributed by atoms with van der Waals surface area (Å²) in [5.41, 5.74) is 1.86. The Kier molecular flexibility index (Phi) is 8.21. The van der Waals surface area contributed by atoms with Gasteiger partial charge < -0.3 is 19.5 Å². The highest BCUT2D eigenvalue weighted by Crippen LogP contribution is 2.48. The van der Waals surface area contributed by atoms with Gasteiger partial charge in [-0.15, -0.1) is 0 Å². The Morgan fingerprint density at radius 1 is 0.865 bits per heavy atom. The molecule has 37 heavy (non-hydrogen) atoms. The molecule has 5 nitrogen and oxygen atoms in total. The van der Waals surface area contributed by atoms with Gasteiger partial charge in [0.05, 0.1) is 20.1 Å². The number of hydrogen-bond acceptors (Lipinski definition) is 5. The van der Waals surface area contributed by atoms with E-state index in [1.165, 1.54) is 14.2 Å². The molecule has 0 saturated heterocycles. The van der Waals surface area contributed by atoms with E-state index in [1.807, 2.05) is 85.7 Å². The molecule has 2 unspecified atom stereocenters. The standard InChI is InChI=1S/C31H33FN2O3/c1-34(2)19-18-31(35,24-14-9-6-10-15-24)28(25-16-11-17-27(36-3)29(25)32)26-20-23(21-33-30(26)37-4)22-12-7-5-8-13-22/h5-17,20-21,28,35H,18-19H2,1-4H3. The third-order valence-corrected chi connectivity index (χ3v) is 6.71. The molecular formula is C31H33FN2O3. The van der Waals surface area contributed by atoms with E-state index in [2.05, 4.69) is 4.98 Å². The highest BCUT2D eigenvalue weighted by atomic mass is 19.1. The van der Waals surface area contributed by atoms with E-state index in [1.54, 1.807) is 24.4 Å². The largest absolute Gasteiger partial charge is 0.494 e. The van der Waals surface area contributed by atoms with Gasteiger partial charge >= 0.3 is 0 Å². The van der Waals surface area contributed by atoms with Crippen LogP contribution in [-0.4, -0.2) is 49.9 Å². The van der Waals surface area contributed by atoms with Gasteiger partial charge in [-0.1, -0.05) is 72.8 Å². The molecule has 2 atom stereocenters. The quantitative estimate of drug-likeness (QED) is 0.295. The van der Waals surface area contributed by atoms with E-state index >= 15 is 4.39 Å². The minimum Gasteiger partial charge on any atom is -0.494 e. The van der Waals surface area contributed by atoms with Gasteiger partial charge in [0.15, 0.2) is 11.6 Å². The number of aromatic nitrogens is 1. The van der Waals surface area contributed by atoms with Crippen molar-refractivity contribution >= 4 is 0 Å². The zero-order chi connectivity index (χ0) is 26.4. The molecule has 1 heterocycles. The Hall–Kier alpha value is -3.74. The maximum absolute atomic E-state index is 16.0. The summed E-state index contributed by atoms with van der Waals surface area (Å²) in [6.45, 7) is 0.571. The molecule has 0 aliphatic heterocycles. The molecule has 0 aliphatic carbocycles. The number of rotatable bonds is 10. The minimum atomic E-state index is -1.50. The summed E-state index contributed by atoms with van der Waals surface area (Å²) in [5.74, 6) is -0.944. The van der Waals surface area contributed by atoms with Crippen LogP contribution >= 0.6 is 0 Å². The smallest absolute Gasteiger partial charge is 0.217 e. The first-order valence-electron chi connectivity index (χ1n) is 12.2. The summed E-state index contributed by atoms with van der Waals surface area (Å²) in [7, 11) is 6.87. The molecule has 1 N–H and O–H groups in total. The summed E-state index contributed by atoms with van der Waals surface area (Å²) in [4.78, 5) is 6.60. The fourth-order valence-corrected chi connectivity index (χ4v) is 4.80. The van der Waals surface area contributed by atoms with Crippen LogP contribution in [0.1, 0.15) is 29.0 Å². The van der Waals surface area contributed by atoms with Crippen molar-refractivity contribution in [3.05, 3.63) is 114 Å². The first kappa shape index (κ1) is 26.3. The predicted octanol–water partition coefficient (Wildman–Crippen LogP) is 5.88. The number of hydrogen-bond donors (Lipinski definition) is 1. The molecule has 3 aromatic carbocycles. The Bertz CT molecular complexity index is 1310. The minimum absolute atomic E-state index is 0.108. The topological polar surface area (TPSA) is 54.8 Å². The van der Waals surface area contributed by atoms with E-state index in [9.17, 15) is 5.11 Å². The average Bonchev–Trinajstić information content (AvgIpc) is 2.94. The first-order valence-corrected chi connectivity index (χ1v) is 12.2. The number of aliphatic hydroxyl groups is 1. The number of ether oxygens (including phenoxy) is 2. The van der Waals surface area contributed by atoms with E-state index in [0.29, 0.717) is 35.5 Å². The number of halogens is 1. The van der Waals surface area contributed by atoms with Crippen LogP contribution in [0.2, 0.25) is 0 Å². The van der Waals surface area contributed by atoms with E-state index in [4.69, 9.17) is 9.47 Å². The lowest BCUT2D eigenvalue weighted by molar-refractivity contribution is 0.00278. The zero-order valence-electron chi connectivity index (χ0n) is 21.7. The van der Waals surface area contributed by atoms with Gasteiger partial charge in [-0.05, 0) is 43.8 Å². The zero-order valence-corrected chi connectivity index (χ0v) is 21.7. The normalized spacial score (nSPS) is 13.7. The van der Waals surface area contributed by atoms with Crippen LogP contribution in [0.15, 0.2) is 91.1 Å². The molecule has 0 fully saturated rings. The van der Waals surface area contributed by atoms with Crippen molar-refractivity contribution in [1.29, 1.82) is 0 Å². The molecule has 192 valence electrons. The summed E-state index contributed by atoms with van der Waals surface area (Å²) >= 11 is 0. The average molecular weight is 501 g/mol. The Morgan fingerprint density at radius 3 is 2.16 bits per heavy atom. The fourth-order valence-electron chi connectivity index (χ4n) is 4.80. The van der Waals surface area contributed by atoms with Crippen LogP contribution < -0.4 is 9.47 Å². The Balaban J connectivity index is 2.04. The molecule has 1 aromatic heterocycles. The van der Waals surface area contributed by atoms with Crippen molar-refractivity contribution in [3.8, 4) is 22.8 Å². The Labute approximate surface area is 218 Å². The SMILES string of the molecule is COc1cccc(C(c2cc(-c3ccccc3)cnc2OC)C(O)(CCN(C)C)c2ccccc2)c1F. The number of benzene rings is 3. The monoisotopic (exact) mass is 500 g/mol. The number of methoxy groups -OCH3 is 2. The van der Waals surface area contributed by atoms with Gasteiger partial charge in [0.25, 0.3) is 0 Å². The van der Waals surface area contributed by atoms with Crippen LogP contribution in [0.4, 0.5) is 4.39 Å². The van der Waals surface area contributed by atoms with Crippen molar-refractivity contribution in [2.75, 3.05) is 34.9 Å². The lowest BCUT2D eigenvalue weighted by atomic mass is 9.71. The summed E-state index contributed by atoms with van der Waals surface area (Å²) in [6.07, 6.45) is 2.07. The first-order chi connectivity index (χ1) is 17.9. The van der Waals surface area contributed by atoms with E-state index < -0.39 is 17.3 Å². The lowest BCUT2D eigenvalue weighted by Crippen LogP contribution is -2.38. The third kappa shape index (κ3) is 5.50. The van der Waals surface area contributed by atoms with Crippen molar-refractivity contribution in [2.45, 2.75) is 17.9 Å². The fraction of sp³-hybridized carbons (Fsp3) is 0.258. The number of nitrogens with zero attached hydrogens (tertiary/aromatic N) is 2. The van der Waals surface area contributed by atoms with E-state index in [-0.39, 0.29) is 5.75 Å². The lowest BCUT2D eigenvalue weighted by Gasteiger charge is -2.39. The summed E-state index contributed by atoms with van der Waals surface area (Å²) < 4.78 is 27.0. The highest BCUT2D eigenvalue weighted by Gasteiger charge is 2.43. The maximum Gasteiger partial charge on any atom is 0.217 e. The van der Waals surface area contributed by atoms with Gasteiger partial charge in [-0.3, -0.25) is 0 Å². The van der Waals surface area contributed by atoms with Crippen LogP contribution in [0.25, 0.3) is 11.1 Å². The second-order valence-electron chi connectivity index (χ2n) is 9.33. The molecule has 0 spiro atoms. The second kappa shape index (κ2) is 11.5. The van der Waals surface area contributed by atoms with Crippen molar-refractivity contribution in [3.63, 3.8) is 0 Å². The highest BCUT2D eigenvalue weighted by molar-refractivity contribution is 5.65. The molecule has 0 saturated carbocycles. The molecule has 4 rings (SSSR count). The predicted molar refractivity (Wildman–Crippen MR) is 145 cm³/mol. The van der Waals surface area contributed by atoms with Gasteiger partial charge in [0.1, 0.15) is 5.60 Å². The van der Waals surface area contributed by atoms with Crippen molar-refractivity contribution in [2.24, 2.45) is 0 Å². The molecule has 0 aliphatic rings. The van der Waals surface area contributed by atoms with Gasteiger partial charge in [0.2, 0.25) is 5.88 Å². The molecule has 0 bridgehead atoms. The van der Waals surface area contributed by atoms with Crippen LogP contribution in [-0.2, 0) is 5.60 Å². The van der Waals surface area contributed by atoms with Crippen molar-refractivity contribution in [1.82, 2.24) is 9.88 Å². The molecular weight excluding hydrogens is 467 g/mol. The Morgan fingerprint density at radius 2 is 1.54 bits per heavy atom. The van der Waals surface area contributed by atoms with Crippen molar-refractivity contribution < 1.29 is 19.0 Å². The molecule has 6 heteroatoms. The van der Waals surface area contributed by atoms with Gasteiger partial charge in [-0.25, -0.2) is 9.37 Å². The second-order valence-corrected chi connectivity index (χ2v) is 9.33. The van der Waals surface area contributed by atoms with Crippen LogP contribution in [0.5, 0.6) is 11.6 Å². The van der Waals surface area contributed by atoms with Gasteiger partial charge in [0, 0.05) is 29.4 Å². The van der Waals surface area contributed by atoms with Gasteiger partial charge in [-0.2, -0.15) is 0 Å². The van der Waals surface area contributed by atoms with Crippen LogP contribution in [0.3, 0.4) is 0 Å². The summed E-state index contributed by atoms with van der Waals surface area (Å²) in [6, 6.07) is 26.2. The molecule has 0 radical (unpaired) electrons. The number of pyridine rings is 1. The van der Waals surface area contributed by atoms with E-state index in [0.717, 1.165) is 11.1 Å². The molecule has 0 amide bonds. The third-order valence-electron chi connectivity index (χ3n) is 6.71. The maximum atomic E-state index is 16.0. The summed E-state index contributed by atoms with van der Waals surface area (Å²) in [5, 5.41) is 12.7.